The highest BCUT2D eigenvalue weighted by Crippen LogP contribution is 2.52. The van der Waals surface area contributed by atoms with Crippen LogP contribution in [0.3, 0.4) is 0 Å². The Morgan fingerprint density at radius 2 is 1.81 bits per heavy atom. The molecule has 5 nitrogen and oxygen atoms in total. The predicted octanol–water partition coefficient (Wildman–Crippen LogP) is 4.86. The van der Waals surface area contributed by atoms with Crippen molar-refractivity contribution >= 4 is 13.4 Å². The number of hydrogen-bond acceptors (Lipinski definition) is 4. The molecule has 1 unspecified atom stereocenters. The summed E-state index contributed by atoms with van der Waals surface area (Å²) < 4.78 is 25.9. The summed E-state index contributed by atoms with van der Waals surface area (Å²) >= 11 is 0. The molecule has 0 radical (unpaired) electrons. The molecule has 0 bridgehead atoms. The van der Waals surface area contributed by atoms with Crippen LogP contribution in [-0.4, -0.2) is 29.7 Å². The van der Waals surface area contributed by atoms with Gasteiger partial charge >= 0.3 is 7.60 Å². The van der Waals surface area contributed by atoms with E-state index in [0.29, 0.717) is 30.6 Å². The average Bonchev–Trinajstić information content (AvgIpc) is 3.07. The van der Waals surface area contributed by atoms with Crippen LogP contribution in [0.5, 0.6) is 0 Å². The molecule has 0 amide bonds. The molecule has 6 heteroatoms. The molecule has 0 aliphatic carbocycles. The van der Waals surface area contributed by atoms with E-state index >= 15 is 0 Å². The lowest BCUT2D eigenvalue weighted by Gasteiger charge is -2.28. The van der Waals surface area contributed by atoms with Crippen LogP contribution in [0.15, 0.2) is 42.5 Å². The van der Waals surface area contributed by atoms with Gasteiger partial charge in [0.25, 0.3) is 0 Å². The summed E-state index contributed by atoms with van der Waals surface area (Å²) in [6, 6.07) is 13.2. The molecule has 2 heterocycles. The topological polar surface area (TPSA) is 57.5 Å². The molecule has 0 spiro atoms. The molecule has 3 rings (SSSR count). The minimum absolute atomic E-state index is 0.0234. The normalized spacial score (nSPS) is 17.1. The molecule has 26 heavy (non-hydrogen) atoms. The highest BCUT2D eigenvalue weighted by atomic mass is 31.2. The molecule has 2 aromatic rings. The molecule has 1 aliphatic heterocycles. The molecule has 0 saturated heterocycles. The zero-order chi connectivity index (χ0) is 18.6. The Kier molecular flexibility index (Phi) is 6.13. The van der Waals surface area contributed by atoms with Crippen molar-refractivity contribution in [3.63, 3.8) is 0 Å². The van der Waals surface area contributed by atoms with Crippen molar-refractivity contribution in [3.05, 3.63) is 59.4 Å². The molecular formula is C20H26NO4P. The predicted molar refractivity (Wildman–Crippen MR) is 102 cm³/mol. The van der Waals surface area contributed by atoms with Gasteiger partial charge in [-0.25, -0.2) is 0 Å². The number of aromatic nitrogens is 1. The number of benzene rings is 1. The number of rotatable bonds is 8. The Morgan fingerprint density at radius 1 is 1.12 bits per heavy atom. The zero-order valence-electron chi connectivity index (χ0n) is 15.4. The lowest BCUT2D eigenvalue weighted by atomic mass is 9.98. The lowest BCUT2D eigenvalue weighted by molar-refractivity contribution is 0.102. The molecule has 1 aliphatic rings. The quantitative estimate of drug-likeness (QED) is 0.488. The van der Waals surface area contributed by atoms with E-state index in [4.69, 9.17) is 9.05 Å². The molecule has 0 saturated carbocycles. The molecule has 1 aromatic heterocycles. The maximum Gasteiger partial charge on any atom is 0.331 e. The summed E-state index contributed by atoms with van der Waals surface area (Å²) in [6.45, 7) is 5.18. The Morgan fingerprint density at radius 3 is 2.46 bits per heavy atom. The van der Waals surface area contributed by atoms with E-state index in [9.17, 15) is 9.36 Å². The van der Waals surface area contributed by atoms with E-state index in [-0.39, 0.29) is 11.7 Å². The van der Waals surface area contributed by atoms with Crippen LogP contribution in [-0.2, 0) is 20.2 Å². The first-order valence-electron chi connectivity index (χ1n) is 9.25. The van der Waals surface area contributed by atoms with E-state index in [1.165, 1.54) is 0 Å². The zero-order valence-corrected chi connectivity index (χ0v) is 16.3. The molecule has 140 valence electrons. The molecule has 1 aromatic carbocycles. The van der Waals surface area contributed by atoms with Crippen molar-refractivity contribution in [2.75, 3.05) is 19.4 Å². The van der Waals surface area contributed by atoms with E-state index in [2.05, 4.69) is 4.57 Å². The van der Waals surface area contributed by atoms with E-state index in [1.54, 1.807) is 0 Å². The van der Waals surface area contributed by atoms with Crippen molar-refractivity contribution in [2.45, 2.75) is 39.2 Å². The smallest absolute Gasteiger partial charge is 0.331 e. The fourth-order valence-corrected chi connectivity index (χ4v) is 5.64. The van der Waals surface area contributed by atoms with Gasteiger partial charge in [0.15, 0.2) is 0 Å². The molecule has 0 fully saturated rings. The maximum atomic E-state index is 12.9. The third kappa shape index (κ3) is 4.01. The molecular weight excluding hydrogens is 349 g/mol. The summed E-state index contributed by atoms with van der Waals surface area (Å²) in [7, 11) is -3.11. The van der Waals surface area contributed by atoms with Gasteiger partial charge in [-0.15, -0.1) is 0 Å². The fraction of sp³-hybridized carbons (Fsp3) is 0.450. The van der Waals surface area contributed by atoms with Gasteiger partial charge in [0, 0.05) is 23.7 Å². The minimum Gasteiger partial charge on any atom is -0.342 e. The number of carbonyl (C=O) groups is 1. The highest BCUT2D eigenvalue weighted by Gasteiger charge is 2.33. The summed E-state index contributed by atoms with van der Waals surface area (Å²) in [6.07, 6.45) is 2.23. The average molecular weight is 375 g/mol. The summed E-state index contributed by atoms with van der Waals surface area (Å²) in [5, 5.41) is 0. The van der Waals surface area contributed by atoms with Crippen LogP contribution in [0.2, 0.25) is 0 Å². The van der Waals surface area contributed by atoms with E-state index in [0.717, 1.165) is 25.1 Å². The second-order valence-corrected chi connectivity index (χ2v) is 8.56. The Balaban J connectivity index is 1.86. The van der Waals surface area contributed by atoms with Gasteiger partial charge in [-0.1, -0.05) is 30.3 Å². The van der Waals surface area contributed by atoms with Gasteiger partial charge in [0.2, 0.25) is 5.78 Å². The van der Waals surface area contributed by atoms with Crippen LogP contribution in [0, 0.1) is 0 Å². The first-order chi connectivity index (χ1) is 12.6. The number of ketones is 1. The first-order valence-corrected chi connectivity index (χ1v) is 11.0. The van der Waals surface area contributed by atoms with Gasteiger partial charge in [-0.3, -0.25) is 9.36 Å². The monoisotopic (exact) mass is 375 g/mol. The van der Waals surface area contributed by atoms with Crippen molar-refractivity contribution in [3.8, 4) is 0 Å². The minimum atomic E-state index is -3.11. The molecule has 1 atom stereocenters. The number of nitrogens with zero attached hydrogens (tertiary/aromatic N) is 1. The maximum absolute atomic E-state index is 12.9. The van der Waals surface area contributed by atoms with Gasteiger partial charge in [0.05, 0.1) is 25.1 Å². The fourth-order valence-electron chi connectivity index (χ4n) is 3.66. The van der Waals surface area contributed by atoms with Crippen LogP contribution >= 0.6 is 7.60 Å². The Labute approximate surface area is 154 Å². The highest BCUT2D eigenvalue weighted by molar-refractivity contribution is 7.53. The van der Waals surface area contributed by atoms with Gasteiger partial charge in [0.1, 0.15) is 0 Å². The number of carbonyl (C=O) groups excluding carboxylic acids is 1. The van der Waals surface area contributed by atoms with Crippen molar-refractivity contribution < 1.29 is 18.4 Å². The third-order valence-corrected chi connectivity index (χ3v) is 6.92. The number of hydrogen-bond donors (Lipinski definition) is 0. The van der Waals surface area contributed by atoms with E-state index in [1.807, 2.05) is 56.3 Å². The van der Waals surface area contributed by atoms with Crippen molar-refractivity contribution in [1.29, 1.82) is 0 Å². The Bertz CT molecular complexity index is 789. The third-order valence-electron chi connectivity index (χ3n) is 4.73. The second kappa shape index (κ2) is 8.34. The molecule has 0 N–H and O–H groups in total. The first kappa shape index (κ1) is 19.1. The van der Waals surface area contributed by atoms with Crippen LogP contribution < -0.4 is 0 Å². The van der Waals surface area contributed by atoms with Gasteiger partial charge < -0.3 is 13.6 Å². The van der Waals surface area contributed by atoms with Gasteiger partial charge in [-0.05, 0) is 38.8 Å². The lowest BCUT2D eigenvalue weighted by Crippen LogP contribution is -2.22. The van der Waals surface area contributed by atoms with Crippen LogP contribution in [0.25, 0.3) is 0 Å². The second-order valence-electron chi connectivity index (χ2n) is 6.46. The SMILES string of the molecule is CCOP(=O)(CC1CCCn2c(C(=O)c3ccccc3)ccc21)OCC. The summed E-state index contributed by atoms with van der Waals surface area (Å²) in [5.41, 5.74) is 2.43. The largest absolute Gasteiger partial charge is 0.342 e. The summed E-state index contributed by atoms with van der Waals surface area (Å²) in [4.78, 5) is 12.9. The van der Waals surface area contributed by atoms with Crippen molar-refractivity contribution in [2.24, 2.45) is 0 Å². The Hall–Kier alpha value is -1.68. The van der Waals surface area contributed by atoms with E-state index < -0.39 is 7.60 Å². The number of fused-ring (bicyclic) bond motifs is 1. The summed E-state index contributed by atoms with van der Waals surface area (Å²) in [5.74, 6) is 0.0975. The standard InChI is InChI=1S/C20H26NO4P/c1-3-24-26(23,25-4-2)15-17-11-8-14-21-18(17)12-13-19(21)20(22)16-9-6-5-7-10-16/h5-7,9-10,12-13,17H,3-4,8,11,14-15H2,1-2H3. The van der Waals surface area contributed by atoms with Crippen LogP contribution in [0.1, 0.15) is 54.4 Å². The van der Waals surface area contributed by atoms with Gasteiger partial charge in [-0.2, -0.15) is 0 Å². The van der Waals surface area contributed by atoms with Crippen LogP contribution in [0.4, 0.5) is 0 Å². The van der Waals surface area contributed by atoms with Crippen molar-refractivity contribution in [1.82, 2.24) is 4.57 Å².